The zero-order valence-corrected chi connectivity index (χ0v) is 12.0. The average Bonchev–Trinajstić information content (AvgIpc) is 2.80. The highest BCUT2D eigenvalue weighted by molar-refractivity contribution is 9.11. The van der Waals surface area contributed by atoms with Gasteiger partial charge in [0.05, 0.1) is 36.6 Å². The monoisotopic (exact) mass is 359 g/mol. The second-order valence-corrected chi connectivity index (χ2v) is 5.34. The van der Waals surface area contributed by atoms with Crippen molar-refractivity contribution in [3.05, 3.63) is 45.4 Å². The minimum atomic E-state index is -0.441. The van der Waals surface area contributed by atoms with Gasteiger partial charge in [0.2, 0.25) is 0 Å². The quantitative estimate of drug-likeness (QED) is 0.883. The normalized spacial score (nSPS) is 12.7. The Labute approximate surface area is 116 Å². The van der Waals surface area contributed by atoms with Gasteiger partial charge >= 0.3 is 0 Å². The zero-order chi connectivity index (χ0) is 12.4. The lowest BCUT2D eigenvalue weighted by Gasteiger charge is -2.14. The molecule has 0 saturated heterocycles. The van der Waals surface area contributed by atoms with Gasteiger partial charge < -0.3 is 15.4 Å². The van der Waals surface area contributed by atoms with Crippen LogP contribution in [0.2, 0.25) is 0 Å². The molecule has 0 fully saturated rings. The van der Waals surface area contributed by atoms with Crippen LogP contribution in [0.25, 0.3) is 5.69 Å². The largest absolute Gasteiger partial charge is 0.394 e. The highest BCUT2D eigenvalue weighted by atomic mass is 79.9. The molecule has 1 unspecified atom stereocenters. The first kappa shape index (κ1) is 12.8. The SMILES string of the molecule is NC(CO)c1cncn1-c1cc(Br)ccc1Br. The maximum Gasteiger partial charge on any atom is 0.0995 e. The Kier molecular flexibility index (Phi) is 3.98. The molecule has 6 heteroatoms. The number of rotatable bonds is 3. The maximum absolute atomic E-state index is 9.11. The molecule has 0 aliphatic heterocycles. The summed E-state index contributed by atoms with van der Waals surface area (Å²) in [6.45, 7) is -0.114. The molecule has 0 radical (unpaired) electrons. The summed E-state index contributed by atoms with van der Waals surface area (Å²) >= 11 is 6.91. The molecule has 2 aromatic rings. The molecule has 0 bridgehead atoms. The fourth-order valence-corrected chi connectivity index (χ4v) is 2.33. The minimum absolute atomic E-state index is 0.114. The van der Waals surface area contributed by atoms with E-state index in [4.69, 9.17) is 10.8 Å². The third-order valence-corrected chi connectivity index (χ3v) is 3.58. The molecule has 2 rings (SSSR count). The fraction of sp³-hybridized carbons (Fsp3) is 0.182. The minimum Gasteiger partial charge on any atom is -0.394 e. The van der Waals surface area contributed by atoms with Gasteiger partial charge in [0.25, 0.3) is 0 Å². The molecule has 4 nitrogen and oxygen atoms in total. The van der Waals surface area contributed by atoms with Crippen molar-refractivity contribution in [2.24, 2.45) is 5.73 Å². The second kappa shape index (κ2) is 5.30. The van der Waals surface area contributed by atoms with E-state index in [-0.39, 0.29) is 6.61 Å². The van der Waals surface area contributed by atoms with Crippen LogP contribution in [-0.2, 0) is 0 Å². The van der Waals surface area contributed by atoms with Crippen LogP contribution in [0.1, 0.15) is 11.7 Å². The summed E-state index contributed by atoms with van der Waals surface area (Å²) in [5, 5.41) is 9.11. The van der Waals surface area contributed by atoms with E-state index in [0.29, 0.717) is 0 Å². The van der Waals surface area contributed by atoms with Crippen LogP contribution in [-0.4, -0.2) is 21.3 Å². The van der Waals surface area contributed by atoms with Crippen molar-refractivity contribution >= 4 is 31.9 Å². The Morgan fingerprint density at radius 3 is 2.88 bits per heavy atom. The maximum atomic E-state index is 9.11. The standard InChI is InChI=1S/C11H11Br2N3O/c12-7-1-2-8(13)10(3-7)16-6-15-4-11(16)9(14)5-17/h1-4,6,9,17H,5,14H2. The predicted molar refractivity (Wildman–Crippen MR) is 73.0 cm³/mol. The van der Waals surface area contributed by atoms with Crippen LogP contribution in [0.5, 0.6) is 0 Å². The number of aromatic nitrogens is 2. The number of imidazole rings is 1. The molecule has 1 atom stereocenters. The first-order chi connectivity index (χ1) is 8.13. The average molecular weight is 361 g/mol. The smallest absolute Gasteiger partial charge is 0.0995 e. The Bertz CT molecular complexity index is 527. The van der Waals surface area contributed by atoms with E-state index < -0.39 is 6.04 Å². The number of nitrogens with two attached hydrogens (primary N) is 1. The van der Waals surface area contributed by atoms with Crippen molar-refractivity contribution in [3.8, 4) is 5.69 Å². The summed E-state index contributed by atoms with van der Waals surface area (Å²) in [7, 11) is 0. The third kappa shape index (κ3) is 2.60. The van der Waals surface area contributed by atoms with Gasteiger partial charge in [0.15, 0.2) is 0 Å². The van der Waals surface area contributed by atoms with Gasteiger partial charge in [-0.2, -0.15) is 0 Å². The van der Waals surface area contributed by atoms with Crippen molar-refractivity contribution < 1.29 is 5.11 Å². The predicted octanol–water partition coefficient (Wildman–Crippen LogP) is 2.39. The van der Waals surface area contributed by atoms with Crippen LogP contribution in [0.15, 0.2) is 39.7 Å². The molecule has 17 heavy (non-hydrogen) atoms. The van der Waals surface area contributed by atoms with E-state index in [2.05, 4.69) is 36.8 Å². The number of hydrogen-bond donors (Lipinski definition) is 2. The van der Waals surface area contributed by atoms with Crippen molar-refractivity contribution in [3.63, 3.8) is 0 Å². The topological polar surface area (TPSA) is 64.1 Å². The van der Waals surface area contributed by atoms with E-state index in [0.717, 1.165) is 20.3 Å². The molecular formula is C11H11Br2N3O. The molecule has 0 saturated carbocycles. The van der Waals surface area contributed by atoms with Crippen LogP contribution in [0, 0.1) is 0 Å². The van der Waals surface area contributed by atoms with E-state index in [1.165, 1.54) is 0 Å². The fourth-order valence-electron chi connectivity index (χ4n) is 1.54. The lowest BCUT2D eigenvalue weighted by molar-refractivity contribution is 0.265. The molecule has 1 aromatic carbocycles. The highest BCUT2D eigenvalue weighted by Crippen LogP contribution is 2.27. The van der Waals surface area contributed by atoms with E-state index in [1.54, 1.807) is 12.5 Å². The second-order valence-electron chi connectivity index (χ2n) is 3.57. The zero-order valence-electron chi connectivity index (χ0n) is 8.85. The van der Waals surface area contributed by atoms with Gasteiger partial charge in [-0.25, -0.2) is 4.98 Å². The Hall–Kier alpha value is -0.690. The van der Waals surface area contributed by atoms with Crippen molar-refractivity contribution in [1.82, 2.24) is 9.55 Å². The third-order valence-electron chi connectivity index (χ3n) is 2.41. The number of aliphatic hydroxyl groups excluding tert-OH is 1. The summed E-state index contributed by atoms with van der Waals surface area (Å²) in [6.07, 6.45) is 3.34. The molecule has 0 aliphatic rings. The van der Waals surface area contributed by atoms with Crippen molar-refractivity contribution in [2.45, 2.75) is 6.04 Å². The van der Waals surface area contributed by atoms with Crippen LogP contribution >= 0.6 is 31.9 Å². The highest BCUT2D eigenvalue weighted by Gasteiger charge is 2.13. The molecule has 3 N–H and O–H groups in total. The van der Waals surface area contributed by atoms with Crippen LogP contribution in [0.4, 0.5) is 0 Å². The summed E-state index contributed by atoms with van der Waals surface area (Å²) in [5.74, 6) is 0. The molecule has 1 heterocycles. The lowest BCUT2D eigenvalue weighted by atomic mass is 10.2. The number of hydrogen-bond acceptors (Lipinski definition) is 3. The molecule has 0 aliphatic carbocycles. The summed E-state index contributed by atoms with van der Waals surface area (Å²) in [4.78, 5) is 4.07. The van der Waals surface area contributed by atoms with Gasteiger partial charge in [0, 0.05) is 8.95 Å². The number of aliphatic hydroxyl groups is 1. The van der Waals surface area contributed by atoms with Crippen molar-refractivity contribution in [1.29, 1.82) is 0 Å². The van der Waals surface area contributed by atoms with Crippen molar-refractivity contribution in [2.75, 3.05) is 6.61 Å². The lowest BCUT2D eigenvalue weighted by Crippen LogP contribution is -2.18. The molecule has 0 spiro atoms. The number of nitrogens with zero attached hydrogens (tertiary/aromatic N) is 2. The summed E-state index contributed by atoms with van der Waals surface area (Å²) in [6, 6.07) is 5.40. The van der Waals surface area contributed by atoms with Gasteiger partial charge in [-0.3, -0.25) is 0 Å². The Morgan fingerprint density at radius 2 is 2.18 bits per heavy atom. The van der Waals surface area contributed by atoms with Crippen LogP contribution in [0.3, 0.4) is 0 Å². The van der Waals surface area contributed by atoms with Gasteiger partial charge in [-0.1, -0.05) is 15.9 Å². The summed E-state index contributed by atoms with van der Waals surface area (Å²) < 4.78 is 3.76. The molecule has 1 aromatic heterocycles. The first-order valence-corrected chi connectivity index (χ1v) is 6.56. The molecular weight excluding hydrogens is 350 g/mol. The first-order valence-electron chi connectivity index (χ1n) is 4.97. The van der Waals surface area contributed by atoms with E-state index >= 15 is 0 Å². The van der Waals surface area contributed by atoms with E-state index in [9.17, 15) is 0 Å². The van der Waals surface area contributed by atoms with Gasteiger partial charge in [-0.15, -0.1) is 0 Å². The molecule has 0 amide bonds. The summed E-state index contributed by atoms with van der Waals surface area (Å²) in [5.41, 5.74) is 7.52. The molecule has 90 valence electrons. The number of halogens is 2. The van der Waals surface area contributed by atoms with Gasteiger partial charge in [0.1, 0.15) is 0 Å². The number of benzene rings is 1. The van der Waals surface area contributed by atoms with E-state index in [1.807, 2.05) is 22.8 Å². The Morgan fingerprint density at radius 1 is 1.41 bits per heavy atom. The Balaban J connectivity index is 2.53. The van der Waals surface area contributed by atoms with Gasteiger partial charge in [-0.05, 0) is 34.1 Å². The van der Waals surface area contributed by atoms with Crippen LogP contribution < -0.4 is 5.73 Å².